The van der Waals surface area contributed by atoms with Crippen molar-refractivity contribution in [3.05, 3.63) is 52.3 Å². The summed E-state index contributed by atoms with van der Waals surface area (Å²) in [7, 11) is 0. The van der Waals surface area contributed by atoms with Crippen LogP contribution in [0.5, 0.6) is 0 Å². The predicted octanol–water partition coefficient (Wildman–Crippen LogP) is 1.23. The van der Waals surface area contributed by atoms with Gasteiger partial charge in [0.15, 0.2) is 12.6 Å². The first-order valence-electron chi connectivity index (χ1n) is 12.5. The van der Waals surface area contributed by atoms with Gasteiger partial charge in [0.2, 0.25) is 6.41 Å². The Kier molecular flexibility index (Phi) is 9.93. The van der Waals surface area contributed by atoms with Crippen LogP contribution in [0.25, 0.3) is 0 Å². The minimum atomic E-state index is -1.72. The number of hydrogen-bond acceptors (Lipinski definition) is 8. The van der Waals surface area contributed by atoms with Crippen LogP contribution < -0.4 is 11.1 Å². The van der Waals surface area contributed by atoms with Gasteiger partial charge in [-0.3, -0.25) is 19.2 Å². The molecule has 3 rings (SSSR count). The number of amides is 2. The fourth-order valence-corrected chi connectivity index (χ4v) is 3.57. The zero-order valence-corrected chi connectivity index (χ0v) is 22.3. The molecule has 2 amide bonds. The molecule has 2 atom stereocenters. The number of aromatic nitrogens is 1. The van der Waals surface area contributed by atoms with Crippen LogP contribution in [0.1, 0.15) is 64.2 Å². The molecule has 13 heteroatoms. The number of aliphatic hydroxyl groups is 2. The second kappa shape index (κ2) is 13.1. The summed E-state index contributed by atoms with van der Waals surface area (Å²) in [6.07, 6.45) is 1.40. The Morgan fingerprint density at radius 2 is 2.00 bits per heavy atom. The van der Waals surface area contributed by atoms with Gasteiger partial charge in [-0.25, -0.2) is 14.8 Å². The number of nitrogens with zero attached hydrogens (tertiary/aromatic N) is 3. The van der Waals surface area contributed by atoms with Crippen LogP contribution in [0, 0.1) is 13.8 Å². The number of esters is 1. The van der Waals surface area contributed by atoms with Crippen molar-refractivity contribution in [3.63, 3.8) is 0 Å². The SMILES string of the molecule is CCN(C(=O)c1c[nH]c(C(N=CN)=Nc2cc(C(=O)NC3CC3)ccc2C)c1C)C(O)OCOC(=O)C(C)O. The number of benzene rings is 1. The summed E-state index contributed by atoms with van der Waals surface area (Å²) in [5, 5.41) is 22.5. The van der Waals surface area contributed by atoms with E-state index in [4.69, 9.17) is 15.6 Å². The molecule has 1 aliphatic carbocycles. The van der Waals surface area contributed by atoms with Crippen molar-refractivity contribution < 1.29 is 34.1 Å². The molecule has 1 heterocycles. The maximum atomic E-state index is 13.2. The second-order valence-corrected chi connectivity index (χ2v) is 9.01. The van der Waals surface area contributed by atoms with E-state index in [1.807, 2.05) is 6.92 Å². The number of H-pyrrole nitrogens is 1. The molecule has 210 valence electrons. The van der Waals surface area contributed by atoms with E-state index in [1.54, 1.807) is 32.0 Å². The average molecular weight is 543 g/mol. The Labute approximate surface area is 225 Å². The molecule has 0 radical (unpaired) electrons. The number of carbonyl (C=O) groups is 3. The standard InChI is InChI=1S/C26H34N6O7/c1-5-32(26(37)39-13-38-25(36)16(4)33)24(35)19-11-28-21(15(19)3)22(29-12-27)31-20-10-17(7-6-14(20)2)23(34)30-18-8-9-18/h6-7,10-12,16,18,26,28,33,37H,5,8-9,13H2,1-4H3,(H,30,34)(H2,27,29,31). The number of hydrogen-bond donors (Lipinski definition) is 5. The lowest BCUT2D eigenvalue weighted by molar-refractivity contribution is -0.223. The molecule has 39 heavy (non-hydrogen) atoms. The number of aliphatic imine (C=N–C) groups is 2. The van der Waals surface area contributed by atoms with Crippen LogP contribution in [-0.4, -0.2) is 82.0 Å². The van der Waals surface area contributed by atoms with E-state index in [0.717, 1.165) is 29.6 Å². The molecule has 0 bridgehead atoms. The molecule has 1 saturated carbocycles. The fraction of sp³-hybridized carbons (Fsp3) is 0.423. The molecule has 0 saturated heterocycles. The highest BCUT2D eigenvalue weighted by Gasteiger charge is 2.27. The molecular weight excluding hydrogens is 508 g/mol. The van der Waals surface area contributed by atoms with Gasteiger partial charge < -0.3 is 31.0 Å². The number of rotatable bonds is 11. The number of ether oxygens (including phenoxy) is 2. The zero-order valence-electron chi connectivity index (χ0n) is 22.3. The van der Waals surface area contributed by atoms with Crippen molar-refractivity contribution in [1.82, 2.24) is 15.2 Å². The van der Waals surface area contributed by atoms with Crippen LogP contribution in [0.3, 0.4) is 0 Å². The summed E-state index contributed by atoms with van der Waals surface area (Å²) in [6.45, 7) is 5.80. The van der Waals surface area contributed by atoms with Gasteiger partial charge >= 0.3 is 5.97 Å². The normalized spacial score (nSPS) is 15.2. The van der Waals surface area contributed by atoms with E-state index in [0.29, 0.717) is 22.5 Å². The molecule has 2 unspecified atom stereocenters. The third-order valence-electron chi connectivity index (χ3n) is 6.03. The lowest BCUT2D eigenvalue weighted by Gasteiger charge is -2.26. The van der Waals surface area contributed by atoms with Gasteiger partial charge in [0.05, 0.1) is 23.3 Å². The fourth-order valence-electron chi connectivity index (χ4n) is 3.57. The van der Waals surface area contributed by atoms with Gasteiger partial charge in [0.25, 0.3) is 11.8 Å². The van der Waals surface area contributed by atoms with Gasteiger partial charge in [-0.1, -0.05) is 6.07 Å². The number of carbonyl (C=O) groups excluding carboxylic acids is 3. The van der Waals surface area contributed by atoms with Crippen molar-refractivity contribution in [2.24, 2.45) is 15.7 Å². The van der Waals surface area contributed by atoms with E-state index < -0.39 is 31.2 Å². The van der Waals surface area contributed by atoms with Gasteiger partial charge in [-0.05, 0) is 63.8 Å². The molecule has 0 aliphatic heterocycles. The van der Waals surface area contributed by atoms with E-state index in [1.165, 1.54) is 13.1 Å². The van der Waals surface area contributed by atoms with Crippen LogP contribution in [-0.2, 0) is 14.3 Å². The summed E-state index contributed by atoms with van der Waals surface area (Å²) in [5.41, 5.74) is 8.46. The molecule has 13 nitrogen and oxygen atoms in total. The van der Waals surface area contributed by atoms with Crippen LogP contribution in [0.4, 0.5) is 5.69 Å². The van der Waals surface area contributed by atoms with E-state index in [-0.39, 0.29) is 29.9 Å². The zero-order chi connectivity index (χ0) is 28.7. The summed E-state index contributed by atoms with van der Waals surface area (Å²) in [4.78, 5) is 49.9. The third kappa shape index (κ3) is 7.50. The first kappa shape index (κ1) is 29.5. The van der Waals surface area contributed by atoms with Gasteiger partial charge in [-0.2, -0.15) is 0 Å². The summed E-state index contributed by atoms with van der Waals surface area (Å²) < 4.78 is 9.71. The second-order valence-electron chi connectivity index (χ2n) is 9.01. The van der Waals surface area contributed by atoms with E-state index in [9.17, 15) is 19.5 Å². The van der Waals surface area contributed by atoms with Crippen LogP contribution in [0.15, 0.2) is 34.4 Å². The van der Waals surface area contributed by atoms with Crippen molar-refractivity contribution >= 4 is 35.6 Å². The smallest absolute Gasteiger partial charge is 0.336 e. The van der Waals surface area contributed by atoms with Crippen molar-refractivity contribution in [1.29, 1.82) is 0 Å². The first-order valence-corrected chi connectivity index (χ1v) is 12.5. The number of nitrogens with one attached hydrogen (secondary N) is 2. The first-order chi connectivity index (χ1) is 18.6. The van der Waals surface area contributed by atoms with E-state index >= 15 is 0 Å². The van der Waals surface area contributed by atoms with Crippen molar-refractivity contribution in [3.8, 4) is 0 Å². The Balaban J connectivity index is 1.83. The summed E-state index contributed by atoms with van der Waals surface area (Å²) in [6, 6.07) is 5.40. The van der Waals surface area contributed by atoms with Gasteiger partial charge in [0.1, 0.15) is 6.10 Å². The quantitative estimate of drug-likeness (QED) is 0.121. The number of aromatic amines is 1. The van der Waals surface area contributed by atoms with Crippen molar-refractivity contribution in [2.45, 2.75) is 59.1 Å². The van der Waals surface area contributed by atoms with Gasteiger partial charge in [0, 0.05) is 24.3 Å². The molecule has 1 fully saturated rings. The molecule has 1 aromatic carbocycles. The highest BCUT2D eigenvalue weighted by molar-refractivity contribution is 6.07. The maximum Gasteiger partial charge on any atom is 0.336 e. The lowest BCUT2D eigenvalue weighted by Crippen LogP contribution is -2.42. The van der Waals surface area contributed by atoms with Crippen LogP contribution >= 0.6 is 0 Å². The monoisotopic (exact) mass is 542 g/mol. The largest absolute Gasteiger partial charge is 0.436 e. The van der Waals surface area contributed by atoms with Gasteiger partial charge in [-0.15, -0.1) is 0 Å². The number of aryl methyl sites for hydroxylation is 1. The highest BCUT2D eigenvalue weighted by atomic mass is 16.7. The summed E-state index contributed by atoms with van der Waals surface area (Å²) >= 11 is 0. The molecule has 2 aromatic rings. The maximum absolute atomic E-state index is 13.2. The number of aliphatic hydroxyl groups excluding tert-OH is 2. The minimum Gasteiger partial charge on any atom is -0.436 e. The average Bonchev–Trinajstić information content (AvgIpc) is 3.63. The topological polar surface area (TPSA) is 192 Å². The molecule has 1 aliphatic rings. The Hall–Kier alpha value is -4.07. The molecule has 6 N–H and O–H groups in total. The Morgan fingerprint density at radius 3 is 2.62 bits per heavy atom. The molecule has 1 aromatic heterocycles. The highest BCUT2D eigenvalue weighted by Crippen LogP contribution is 2.25. The minimum absolute atomic E-state index is 0.0705. The molecule has 0 spiro atoms. The number of amidine groups is 1. The Morgan fingerprint density at radius 1 is 1.28 bits per heavy atom. The van der Waals surface area contributed by atoms with E-state index in [2.05, 4.69) is 25.0 Å². The summed E-state index contributed by atoms with van der Waals surface area (Å²) in [5.74, 6) is -1.50. The Bertz CT molecular complexity index is 1270. The predicted molar refractivity (Wildman–Crippen MR) is 143 cm³/mol. The van der Waals surface area contributed by atoms with Crippen molar-refractivity contribution in [2.75, 3.05) is 13.3 Å². The third-order valence-corrected chi connectivity index (χ3v) is 6.03. The number of nitrogens with two attached hydrogens (primary N) is 1. The lowest BCUT2D eigenvalue weighted by atomic mass is 10.1. The molecular formula is C26H34N6O7. The van der Waals surface area contributed by atoms with Crippen LogP contribution in [0.2, 0.25) is 0 Å².